The van der Waals surface area contributed by atoms with Gasteiger partial charge >= 0.3 is 0 Å². The predicted octanol–water partition coefficient (Wildman–Crippen LogP) is 3.68. The highest BCUT2D eigenvalue weighted by Crippen LogP contribution is 2.27. The summed E-state index contributed by atoms with van der Waals surface area (Å²) in [5.74, 6) is 0.321. The largest absolute Gasteiger partial charge is 0.478 e. The predicted molar refractivity (Wildman–Crippen MR) is 107 cm³/mol. The van der Waals surface area contributed by atoms with E-state index in [0.29, 0.717) is 35.1 Å². The first-order chi connectivity index (χ1) is 12.7. The van der Waals surface area contributed by atoms with Gasteiger partial charge in [-0.05, 0) is 62.7 Å². The van der Waals surface area contributed by atoms with Crippen LogP contribution in [-0.2, 0) is 14.8 Å². The van der Waals surface area contributed by atoms with Gasteiger partial charge in [-0.2, -0.15) is 0 Å². The third-order valence-corrected chi connectivity index (χ3v) is 6.35. The summed E-state index contributed by atoms with van der Waals surface area (Å²) in [5.41, 5.74) is -0.0853. The zero-order chi connectivity index (χ0) is 19.7. The molecule has 1 aliphatic heterocycles. The number of nitrogens with one attached hydrogen (secondary N) is 1. The van der Waals surface area contributed by atoms with Crippen molar-refractivity contribution in [1.29, 1.82) is 0 Å². The Labute approximate surface area is 164 Å². The van der Waals surface area contributed by atoms with Crippen molar-refractivity contribution in [2.45, 2.75) is 25.9 Å². The third-order valence-electron chi connectivity index (χ3n) is 4.22. The number of benzene rings is 2. The van der Waals surface area contributed by atoms with Crippen molar-refractivity contribution in [3.63, 3.8) is 0 Å². The van der Waals surface area contributed by atoms with Gasteiger partial charge in [-0.1, -0.05) is 17.7 Å². The number of ether oxygens (including phenoxy) is 1. The maximum atomic E-state index is 12.7. The Morgan fingerprint density at radius 2 is 1.89 bits per heavy atom. The topological polar surface area (TPSA) is 75.7 Å². The Morgan fingerprint density at radius 3 is 2.52 bits per heavy atom. The van der Waals surface area contributed by atoms with E-state index in [2.05, 4.69) is 5.32 Å². The highest BCUT2D eigenvalue weighted by Gasteiger charge is 2.31. The Kier molecular flexibility index (Phi) is 5.35. The average Bonchev–Trinajstić information content (AvgIpc) is 2.96. The Hall–Kier alpha value is -2.25. The smallest absolute Gasteiger partial charge is 0.267 e. The molecule has 0 bridgehead atoms. The van der Waals surface area contributed by atoms with E-state index < -0.39 is 15.6 Å². The lowest BCUT2D eigenvalue weighted by molar-refractivity contribution is -0.128. The highest BCUT2D eigenvalue weighted by atomic mass is 35.5. The average molecular weight is 409 g/mol. The minimum Gasteiger partial charge on any atom is -0.478 e. The molecule has 0 spiro atoms. The summed E-state index contributed by atoms with van der Waals surface area (Å²) in [4.78, 5) is 12.7. The zero-order valence-electron chi connectivity index (χ0n) is 15.1. The number of rotatable bonds is 5. The van der Waals surface area contributed by atoms with Gasteiger partial charge in [0.25, 0.3) is 5.91 Å². The van der Waals surface area contributed by atoms with Crippen LogP contribution in [0, 0.1) is 0 Å². The van der Waals surface area contributed by atoms with Crippen LogP contribution < -0.4 is 14.4 Å². The van der Waals surface area contributed by atoms with Gasteiger partial charge in [0.2, 0.25) is 10.0 Å². The van der Waals surface area contributed by atoms with Crippen LogP contribution in [0.1, 0.15) is 20.3 Å². The molecule has 0 saturated carbocycles. The highest BCUT2D eigenvalue weighted by molar-refractivity contribution is 7.93. The van der Waals surface area contributed by atoms with Gasteiger partial charge in [0.15, 0.2) is 5.60 Å². The van der Waals surface area contributed by atoms with Crippen LogP contribution in [0.15, 0.2) is 48.5 Å². The van der Waals surface area contributed by atoms with Gasteiger partial charge in [0.05, 0.1) is 11.4 Å². The first kappa shape index (κ1) is 19.5. The molecule has 0 atom stereocenters. The van der Waals surface area contributed by atoms with Crippen LogP contribution >= 0.6 is 11.6 Å². The van der Waals surface area contributed by atoms with Crippen molar-refractivity contribution in [3.8, 4) is 5.75 Å². The van der Waals surface area contributed by atoms with Crippen molar-refractivity contribution in [2.24, 2.45) is 0 Å². The Morgan fingerprint density at radius 1 is 1.19 bits per heavy atom. The van der Waals surface area contributed by atoms with E-state index in [4.69, 9.17) is 16.3 Å². The molecule has 3 rings (SSSR count). The lowest BCUT2D eigenvalue weighted by Gasteiger charge is -2.25. The van der Waals surface area contributed by atoms with Crippen molar-refractivity contribution >= 4 is 38.9 Å². The van der Waals surface area contributed by atoms with Crippen molar-refractivity contribution in [1.82, 2.24) is 0 Å². The second kappa shape index (κ2) is 7.40. The molecule has 0 aromatic heterocycles. The molecule has 1 fully saturated rings. The molecule has 1 N–H and O–H groups in total. The van der Waals surface area contributed by atoms with Gasteiger partial charge in [0.1, 0.15) is 5.75 Å². The Balaban J connectivity index is 1.73. The maximum Gasteiger partial charge on any atom is 0.267 e. The minimum atomic E-state index is -3.27. The molecular weight excluding hydrogens is 388 g/mol. The monoisotopic (exact) mass is 408 g/mol. The summed E-state index contributed by atoms with van der Waals surface area (Å²) >= 11 is 5.86. The van der Waals surface area contributed by atoms with Crippen molar-refractivity contribution in [3.05, 3.63) is 53.6 Å². The number of anilines is 2. The molecule has 2 aromatic rings. The number of nitrogens with zero attached hydrogens (tertiary/aromatic N) is 1. The number of carbonyl (C=O) groups excluding carboxylic acids is 1. The quantitative estimate of drug-likeness (QED) is 0.818. The fourth-order valence-corrected chi connectivity index (χ4v) is 4.48. The van der Waals surface area contributed by atoms with E-state index in [1.807, 2.05) is 0 Å². The second-order valence-corrected chi connectivity index (χ2v) is 9.26. The third kappa shape index (κ3) is 4.54. The molecule has 1 heterocycles. The molecule has 2 aromatic carbocycles. The van der Waals surface area contributed by atoms with Crippen LogP contribution in [-0.4, -0.2) is 32.2 Å². The van der Waals surface area contributed by atoms with Crippen LogP contribution in [0.4, 0.5) is 11.4 Å². The first-order valence-corrected chi connectivity index (χ1v) is 10.5. The number of hydrogen-bond donors (Lipinski definition) is 1. The number of carbonyl (C=O) groups is 1. The summed E-state index contributed by atoms with van der Waals surface area (Å²) in [7, 11) is -3.27. The second-order valence-electron chi connectivity index (χ2n) is 6.81. The standard InChI is InChI=1S/C19H21ClN2O4S/c1-19(2,26-17-9-7-14(20)8-10-17)18(23)21-15-5-3-6-16(13-15)22-11-4-12-27(22,24)25/h3,5-10,13H,4,11-12H2,1-2H3,(H,21,23). The zero-order valence-corrected chi connectivity index (χ0v) is 16.7. The van der Waals surface area contributed by atoms with E-state index in [9.17, 15) is 13.2 Å². The van der Waals surface area contributed by atoms with Crippen LogP contribution in [0.3, 0.4) is 0 Å². The van der Waals surface area contributed by atoms with Gasteiger partial charge in [-0.25, -0.2) is 8.42 Å². The van der Waals surface area contributed by atoms with Gasteiger partial charge in [-0.3, -0.25) is 9.10 Å². The van der Waals surface area contributed by atoms with Crippen molar-refractivity contribution < 1.29 is 17.9 Å². The summed E-state index contributed by atoms with van der Waals surface area (Å²) in [6, 6.07) is 13.5. The summed E-state index contributed by atoms with van der Waals surface area (Å²) in [5, 5.41) is 3.38. The van der Waals surface area contributed by atoms with E-state index in [1.165, 1.54) is 4.31 Å². The first-order valence-electron chi connectivity index (χ1n) is 8.54. The number of sulfonamides is 1. The number of amides is 1. The lowest BCUT2D eigenvalue weighted by atomic mass is 10.1. The molecule has 0 aliphatic carbocycles. The van der Waals surface area contributed by atoms with E-state index in [-0.39, 0.29) is 11.7 Å². The lowest BCUT2D eigenvalue weighted by Crippen LogP contribution is -2.42. The molecule has 0 radical (unpaired) electrons. The van der Waals surface area contributed by atoms with Gasteiger partial charge in [-0.15, -0.1) is 0 Å². The van der Waals surface area contributed by atoms with E-state index in [1.54, 1.807) is 62.4 Å². The molecule has 8 heteroatoms. The normalized spacial score (nSPS) is 16.2. The fraction of sp³-hybridized carbons (Fsp3) is 0.316. The summed E-state index contributed by atoms with van der Waals surface area (Å²) in [6.45, 7) is 3.77. The SMILES string of the molecule is CC(C)(Oc1ccc(Cl)cc1)C(=O)Nc1cccc(N2CCCS2(=O)=O)c1. The van der Waals surface area contributed by atoms with Crippen LogP contribution in [0.25, 0.3) is 0 Å². The number of hydrogen-bond acceptors (Lipinski definition) is 4. The maximum absolute atomic E-state index is 12.7. The summed E-state index contributed by atoms with van der Waals surface area (Å²) < 4.78 is 31.3. The number of halogens is 1. The van der Waals surface area contributed by atoms with Crippen molar-refractivity contribution in [2.75, 3.05) is 21.9 Å². The molecular formula is C19H21ClN2O4S. The molecule has 27 heavy (non-hydrogen) atoms. The van der Waals surface area contributed by atoms with E-state index in [0.717, 1.165) is 0 Å². The van der Waals surface area contributed by atoms with Crippen LogP contribution in [0.2, 0.25) is 5.02 Å². The summed E-state index contributed by atoms with van der Waals surface area (Å²) in [6.07, 6.45) is 0.598. The Bertz CT molecular complexity index is 942. The molecule has 1 aliphatic rings. The van der Waals surface area contributed by atoms with Gasteiger partial charge < -0.3 is 10.1 Å². The molecule has 6 nitrogen and oxygen atoms in total. The minimum absolute atomic E-state index is 0.144. The van der Waals surface area contributed by atoms with E-state index >= 15 is 0 Å². The molecule has 1 amide bonds. The van der Waals surface area contributed by atoms with Gasteiger partial charge in [0, 0.05) is 17.3 Å². The van der Waals surface area contributed by atoms with Crippen LogP contribution in [0.5, 0.6) is 5.75 Å². The molecule has 144 valence electrons. The fourth-order valence-electron chi connectivity index (χ4n) is 2.79. The molecule has 1 saturated heterocycles. The molecule has 0 unspecified atom stereocenters.